The summed E-state index contributed by atoms with van der Waals surface area (Å²) in [7, 11) is 0. The molecule has 3 nitrogen and oxygen atoms in total. The highest BCUT2D eigenvalue weighted by Gasteiger charge is 2.16. The molecule has 1 heterocycles. The molecule has 1 rings (SSSR count). The van der Waals surface area contributed by atoms with Crippen molar-refractivity contribution in [2.75, 3.05) is 18.0 Å². The van der Waals surface area contributed by atoms with Gasteiger partial charge in [0, 0.05) is 30.4 Å². The van der Waals surface area contributed by atoms with Gasteiger partial charge in [-0.2, -0.15) is 0 Å². The number of nitrogens with zero attached hydrogens (tertiary/aromatic N) is 2. The van der Waals surface area contributed by atoms with Crippen LogP contribution in [0.15, 0.2) is 6.07 Å². The van der Waals surface area contributed by atoms with Crippen LogP contribution in [-0.2, 0) is 6.54 Å². The first-order valence-electron chi connectivity index (χ1n) is 7.81. The topological polar surface area (TPSA) is 28.2 Å². The maximum absolute atomic E-state index is 4.81. The van der Waals surface area contributed by atoms with E-state index < -0.39 is 0 Å². The van der Waals surface area contributed by atoms with Gasteiger partial charge in [0.2, 0.25) is 0 Å². The van der Waals surface area contributed by atoms with Gasteiger partial charge in [-0.1, -0.05) is 13.8 Å². The highest BCUT2D eigenvalue weighted by molar-refractivity contribution is 5.52. The Labute approximate surface area is 124 Å². The van der Waals surface area contributed by atoms with E-state index in [1.165, 1.54) is 11.1 Å². The van der Waals surface area contributed by atoms with Gasteiger partial charge in [-0.25, -0.2) is 4.98 Å². The predicted molar refractivity (Wildman–Crippen MR) is 88.4 cm³/mol. The van der Waals surface area contributed by atoms with Crippen molar-refractivity contribution in [1.82, 2.24) is 10.3 Å². The van der Waals surface area contributed by atoms with Crippen LogP contribution in [0.3, 0.4) is 0 Å². The third-order valence-corrected chi connectivity index (χ3v) is 3.54. The summed E-state index contributed by atoms with van der Waals surface area (Å²) in [5.74, 6) is 1.82. The normalized spacial score (nSPS) is 11.4. The number of pyridine rings is 1. The Morgan fingerprint density at radius 2 is 1.85 bits per heavy atom. The molecule has 0 amide bonds. The van der Waals surface area contributed by atoms with E-state index in [4.69, 9.17) is 4.98 Å². The molecule has 0 bridgehead atoms. The number of aromatic nitrogens is 1. The second-order valence-corrected chi connectivity index (χ2v) is 6.29. The van der Waals surface area contributed by atoms with Gasteiger partial charge in [0.05, 0.1) is 0 Å². The highest BCUT2D eigenvalue weighted by atomic mass is 15.2. The van der Waals surface area contributed by atoms with Crippen LogP contribution >= 0.6 is 0 Å². The van der Waals surface area contributed by atoms with Crippen LogP contribution in [0, 0.1) is 19.8 Å². The lowest BCUT2D eigenvalue weighted by Crippen LogP contribution is -2.33. The third kappa shape index (κ3) is 4.48. The Balaban J connectivity index is 3.06. The third-order valence-electron chi connectivity index (χ3n) is 3.54. The molecule has 1 aromatic rings. The fourth-order valence-electron chi connectivity index (χ4n) is 2.54. The molecule has 0 unspecified atom stereocenters. The molecular formula is C17H31N3. The minimum absolute atomic E-state index is 0.470. The van der Waals surface area contributed by atoms with E-state index >= 15 is 0 Å². The van der Waals surface area contributed by atoms with Gasteiger partial charge in [-0.05, 0) is 58.7 Å². The maximum Gasteiger partial charge on any atom is 0.133 e. The molecule has 0 aliphatic heterocycles. The molecule has 0 saturated heterocycles. The lowest BCUT2D eigenvalue weighted by atomic mass is 10.1. The molecule has 20 heavy (non-hydrogen) atoms. The summed E-state index contributed by atoms with van der Waals surface area (Å²) < 4.78 is 0. The fraction of sp³-hybridized carbons (Fsp3) is 0.706. The number of nitrogens with one attached hydrogen (secondary N) is 1. The molecule has 0 radical (unpaired) electrons. The number of anilines is 1. The number of rotatable bonds is 7. The summed E-state index contributed by atoms with van der Waals surface area (Å²) >= 11 is 0. The predicted octanol–water partition coefficient (Wildman–Crippen LogP) is 3.68. The van der Waals surface area contributed by atoms with Gasteiger partial charge in [0.15, 0.2) is 0 Å². The number of aryl methyl sites for hydroxylation is 2. The average molecular weight is 277 g/mol. The molecule has 0 aliphatic rings. The Hall–Kier alpha value is -1.09. The van der Waals surface area contributed by atoms with Crippen molar-refractivity contribution >= 4 is 5.82 Å². The van der Waals surface area contributed by atoms with Crippen molar-refractivity contribution in [3.63, 3.8) is 0 Å². The molecule has 0 aliphatic carbocycles. The molecule has 3 heteroatoms. The first kappa shape index (κ1) is 17.0. The molecule has 0 saturated carbocycles. The quantitative estimate of drug-likeness (QED) is 0.824. The van der Waals surface area contributed by atoms with Gasteiger partial charge in [0.1, 0.15) is 5.82 Å². The molecule has 0 atom stereocenters. The minimum Gasteiger partial charge on any atom is -0.354 e. The van der Waals surface area contributed by atoms with E-state index in [1.54, 1.807) is 0 Å². The second kappa shape index (κ2) is 7.63. The minimum atomic E-state index is 0.470. The van der Waals surface area contributed by atoms with E-state index in [0.717, 1.165) is 31.1 Å². The van der Waals surface area contributed by atoms with Crippen molar-refractivity contribution in [2.45, 2.75) is 61.1 Å². The van der Waals surface area contributed by atoms with Crippen LogP contribution in [0.2, 0.25) is 0 Å². The van der Waals surface area contributed by atoms with Crippen LogP contribution in [0.25, 0.3) is 0 Å². The monoisotopic (exact) mass is 277 g/mol. The maximum atomic E-state index is 4.81. The zero-order valence-corrected chi connectivity index (χ0v) is 14.2. The molecule has 1 aromatic heterocycles. The lowest BCUT2D eigenvalue weighted by molar-refractivity contribution is 0.549. The first-order chi connectivity index (χ1) is 9.36. The molecule has 1 N–H and O–H groups in total. The molecule has 114 valence electrons. The second-order valence-electron chi connectivity index (χ2n) is 6.29. The van der Waals surface area contributed by atoms with Crippen LogP contribution < -0.4 is 10.2 Å². The summed E-state index contributed by atoms with van der Waals surface area (Å²) in [5, 5.41) is 3.55. The van der Waals surface area contributed by atoms with Crippen molar-refractivity contribution < 1.29 is 0 Å². The van der Waals surface area contributed by atoms with Gasteiger partial charge in [0.25, 0.3) is 0 Å². The van der Waals surface area contributed by atoms with Crippen molar-refractivity contribution in [3.8, 4) is 0 Å². The molecule has 0 aromatic carbocycles. The van der Waals surface area contributed by atoms with Gasteiger partial charge >= 0.3 is 0 Å². The van der Waals surface area contributed by atoms with Gasteiger partial charge < -0.3 is 10.2 Å². The lowest BCUT2D eigenvalue weighted by Gasteiger charge is -2.29. The Bertz CT molecular complexity index is 424. The van der Waals surface area contributed by atoms with E-state index in [-0.39, 0.29) is 0 Å². The zero-order valence-electron chi connectivity index (χ0n) is 14.2. The smallest absolute Gasteiger partial charge is 0.133 e. The van der Waals surface area contributed by atoms with Crippen LogP contribution in [0.5, 0.6) is 0 Å². The fourth-order valence-corrected chi connectivity index (χ4v) is 2.54. The highest BCUT2D eigenvalue weighted by Crippen LogP contribution is 2.24. The largest absolute Gasteiger partial charge is 0.354 e. The molecular weight excluding hydrogens is 246 g/mol. The SMILES string of the molecule is CCN(c1nc(C)cc(C)c1CNCC(C)C)C(C)C. The van der Waals surface area contributed by atoms with Crippen molar-refractivity contribution in [1.29, 1.82) is 0 Å². The molecule has 0 spiro atoms. The summed E-state index contributed by atoms with van der Waals surface area (Å²) in [4.78, 5) is 7.19. The van der Waals surface area contributed by atoms with Crippen molar-refractivity contribution in [3.05, 3.63) is 22.9 Å². The first-order valence-corrected chi connectivity index (χ1v) is 7.81. The summed E-state index contributed by atoms with van der Waals surface area (Å²) in [5.41, 5.74) is 3.78. The summed E-state index contributed by atoms with van der Waals surface area (Å²) in [6.45, 7) is 18.3. The average Bonchev–Trinajstić information content (AvgIpc) is 2.32. The van der Waals surface area contributed by atoms with E-state index in [2.05, 4.69) is 64.7 Å². The standard InChI is InChI=1S/C17H31N3/c1-8-20(13(4)5)17-16(11-18-10-12(2)3)14(6)9-15(7)19-17/h9,12-13,18H,8,10-11H2,1-7H3. The van der Waals surface area contributed by atoms with Gasteiger partial charge in [-0.15, -0.1) is 0 Å². The van der Waals surface area contributed by atoms with E-state index in [0.29, 0.717) is 12.0 Å². The summed E-state index contributed by atoms with van der Waals surface area (Å²) in [6, 6.07) is 2.65. The van der Waals surface area contributed by atoms with Crippen LogP contribution in [0.4, 0.5) is 5.82 Å². The van der Waals surface area contributed by atoms with Gasteiger partial charge in [-0.3, -0.25) is 0 Å². The van der Waals surface area contributed by atoms with Crippen LogP contribution in [0.1, 0.15) is 51.4 Å². The van der Waals surface area contributed by atoms with E-state index in [9.17, 15) is 0 Å². The number of hydrogen-bond acceptors (Lipinski definition) is 3. The Morgan fingerprint density at radius 3 is 2.35 bits per heavy atom. The van der Waals surface area contributed by atoms with E-state index in [1.807, 2.05) is 0 Å². The Kier molecular flexibility index (Phi) is 6.47. The molecule has 0 fully saturated rings. The zero-order chi connectivity index (χ0) is 15.3. The summed E-state index contributed by atoms with van der Waals surface area (Å²) in [6.07, 6.45) is 0. The number of hydrogen-bond donors (Lipinski definition) is 1. The van der Waals surface area contributed by atoms with Crippen molar-refractivity contribution in [2.24, 2.45) is 5.92 Å². The Morgan fingerprint density at radius 1 is 1.20 bits per heavy atom. The van der Waals surface area contributed by atoms with Crippen LogP contribution in [-0.4, -0.2) is 24.1 Å².